The SMILES string of the molecule is Cc1cn(CC(=O)c2sccc2Br)c2ccccc12. The van der Waals surface area contributed by atoms with Crippen LogP contribution in [0.5, 0.6) is 0 Å². The number of hydrogen-bond donors (Lipinski definition) is 0. The van der Waals surface area contributed by atoms with Crippen LogP contribution >= 0.6 is 27.3 Å². The summed E-state index contributed by atoms with van der Waals surface area (Å²) >= 11 is 4.89. The molecule has 2 nitrogen and oxygen atoms in total. The molecule has 0 bridgehead atoms. The predicted molar refractivity (Wildman–Crippen MR) is 83.0 cm³/mol. The molecular weight excluding hydrogens is 322 g/mol. The van der Waals surface area contributed by atoms with Crippen LogP contribution in [0.1, 0.15) is 15.2 Å². The third-order valence-corrected chi connectivity index (χ3v) is 5.05. The molecule has 0 spiro atoms. The maximum Gasteiger partial charge on any atom is 0.193 e. The van der Waals surface area contributed by atoms with Gasteiger partial charge in [0.05, 0.1) is 11.4 Å². The van der Waals surface area contributed by atoms with Crippen molar-refractivity contribution >= 4 is 44.0 Å². The van der Waals surface area contributed by atoms with Gasteiger partial charge in [0.25, 0.3) is 0 Å². The number of ketones is 1. The molecule has 0 saturated heterocycles. The zero-order valence-electron chi connectivity index (χ0n) is 10.4. The zero-order chi connectivity index (χ0) is 13.4. The van der Waals surface area contributed by atoms with Crippen LogP contribution in [0.3, 0.4) is 0 Å². The highest BCUT2D eigenvalue weighted by Gasteiger charge is 2.14. The van der Waals surface area contributed by atoms with Gasteiger partial charge in [-0.05, 0) is 45.9 Å². The summed E-state index contributed by atoms with van der Waals surface area (Å²) in [6.07, 6.45) is 2.05. The summed E-state index contributed by atoms with van der Waals surface area (Å²) in [4.78, 5) is 13.1. The van der Waals surface area contributed by atoms with Crippen LogP contribution in [0.15, 0.2) is 46.4 Å². The standard InChI is InChI=1S/C15H12BrNOS/c1-10-8-17(13-5-3-2-4-11(10)13)9-14(18)15-12(16)6-7-19-15/h2-8H,9H2,1H3. The van der Waals surface area contributed by atoms with Crippen LogP contribution in [0.4, 0.5) is 0 Å². The molecule has 0 amide bonds. The topological polar surface area (TPSA) is 22.0 Å². The van der Waals surface area contributed by atoms with Crippen molar-refractivity contribution in [3.63, 3.8) is 0 Å². The number of para-hydroxylation sites is 1. The van der Waals surface area contributed by atoms with Crippen molar-refractivity contribution in [1.29, 1.82) is 0 Å². The van der Waals surface area contributed by atoms with Gasteiger partial charge >= 0.3 is 0 Å². The van der Waals surface area contributed by atoms with E-state index in [9.17, 15) is 4.79 Å². The fraction of sp³-hybridized carbons (Fsp3) is 0.133. The molecule has 2 heterocycles. The van der Waals surface area contributed by atoms with Crippen molar-refractivity contribution in [2.75, 3.05) is 0 Å². The first-order chi connectivity index (χ1) is 9.16. The molecule has 0 aliphatic heterocycles. The highest BCUT2D eigenvalue weighted by molar-refractivity contribution is 9.10. The molecule has 4 heteroatoms. The van der Waals surface area contributed by atoms with Gasteiger partial charge in [0.2, 0.25) is 0 Å². The highest BCUT2D eigenvalue weighted by Crippen LogP contribution is 2.25. The first kappa shape index (κ1) is 12.6. The number of aromatic nitrogens is 1. The number of halogens is 1. The predicted octanol–water partition coefficient (Wildman–Crippen LogP) is 4.66. The van der Waals surface area contributed by atoms with Crippen LogP contribution in [0, 0.1) is 6.92 Å². The number of carbonyl (C=O) groups excluding carboxylic acids is 1. The van der Waals surface area contributed by atoms with E-state index in [4.69, 9.17) is 0 Å². The molecule has 0 N–H and O–H groups in total. The van der Waals surface area contributed by atoms with Crippen molar-refractivity contribution in [1.82, 2.24) is 4.57 Å². The molecule has 96 valence electrons. The van der Waals surface area contributed by atoms with E-state index in [0.717, 1.165) is 14.9 Å². The number of carbonyl (C=O) groups is 1. The number of aryl methyl sites for hydroxylation is 1. The summed E-state index contributed by atoms with van der Waals surface area (Å²) in [7, 11) is 0. The Morgan fingerprint density at radius 3 is 2.84 bits per heavy atom. The van der Waals surface area contributed by atoms with Gasteiger partial charge in [0.1, 0.15) is 0 Å². The van der Waals surface area contributed by atoms with E-state index in [1.807, 2.05) is 34.3 Å². The number of thiophene rings is 1. The highest BCUT2D eigenvalue weighted by atomic mass is 79.9. The Bertz CT molecular complexity index is 756. The van der Waals surface area contributed by atoms with Crippen LogP contribution in [0.2, 0.25) is 0 Å². The van der Waals surface area contributed by atoms with Gasteiger partial charge in [0.15, 0.2) is 5.78 Å². The minimum atomic E-state index is 0.141. The normalized spacial score (nSPS) is 11.1. The molecule has 0 saturated carbocycles. The summed E-state index contributed by atoms with van der Waals surface area (Å²) < 4.78 is 2.91. The fourth-order valence-corrected chi connectivity index (χ4v) is 3.81. The molecule has 0 aliphatic carbocycles. The van der Waals surface area contributed by atoms with E-state index in [1.165, 1.54) is 22.3 Å². The fourth-order valence-electron chi connectivity index (χ4n) is 2.28. The average molecular weight is 334 g/mol. The van der Waals surface area contributed by atoms with Gasteiger partial charge in [-0.25, -0.2) is 0 Å². The Balaban J connectivity index is 1.98. The molecular formula is C15H12BrNOS. The van der Waals surface area contributed by atoms with Crippen molar-refractivity contribution < 1.29 is 4.79 Å². The van der Waals surface area contributed by atoms with Crippen LogP contribution in [0.25, 0.3) is 10.9 Å². The first-order valence-electron chi connectivity index (χ1n) is 5.97. The number of hydrogen-bond acceptors (Lipinski definition) is 2. The summed E-state index contributed by atoms with van der Waals surface area (Å²) in [6, 6.07) is 10.1. The number of benzene rings is 1. The van der Waals surface area contributed by atoms with E-state index in [-0.39, 0.29) is 5.78 Å². The summed E-state index contributed by atoms with van der Waals surface area (Å²) in [5, 5.41) is 3.14. The molecule has 0 aliphatic rings. The molecule has 0 fully saturated rings. The second kappa shape index (κ2) is 4.94. The molecule has 2 aromatic heterocycles. The van der Waals surface area contributed by atoms with Crippen molar-refractivity contribution in [3.05, 3.63) is 56.8 Å². The van der Waals surface area contributed by atoms with Crippen molar-refractivity contribution in [2.24, 2.45) is 0 Å². The Morgan fingerprint density at radius 1 is 1.32 bits per heavy atom. The first-order valence-corrected chi connectivity index (χ1v) is 7.65. The van der Waals surface area contributed by atoms with E-state index < -0.39 is 0 Å². The lowest BCUT2D eigenvalue weighted by molar-refractivity contribution is 0.0977. The number of rotatable bonds is 3. The Labute approximate surface area is 123 Å². The minimum absolute atomic E-state index is 0.141. The average Bonchev–Trinajstić information content (AvgIpc) is 2.95. The van der Waals surface area contributed by atoms with Crippen molar-refractivity contribution in [2.45, 2.75) is 13.5 Å². The lowest BCUT2D eigenvalue weighted by atomic mass is 10.2. The lowest BCUT2D eigenvalue weighted by Crippen LogP contribution is -2.08. The van der Waals surface area contributed by atoms with Gasteiger partial charge in [-0.3, -0.25) is 4.79 Å². The Hall–Kier alpha value is -1.39. The van der Waals surface area contributed by atoms with Gasteiger partial charge in [0, 0.05) is 21.6 Å². The summed E-state index contributed by atoms with van der Waals surface area (Å²) in [6.45, 7) is 2.46. The Kier molecular flexibility index (Phi) is 3.29. The van der Waals surface area contributed by atoms with Crippen molar-refractivity contribution in [3.8, 4) is 0 Å². The Morgan fingerprint density at radius 2 is 2.11 bits per heavy atom. The van der Waals surface area contributed by atoms with Gasteiger partial charge in [-0.1, -0.05) is 18.2 Å². The van der Waals surface area contributed by atoms with E-state index >= 15 is 0 Å². The molecule has 3 aromatic rings. The second-order valence-electron chi connectivity index (χ2n) is 4.48. The monoisotopic (exact) mass is 333 g/mol. The van der Waals surface area contributed by atoms with Gasteiger partial charge in [-0.15, -0.1) is 11.3 Å². The summed E-state index contributed by atoms with van der Waals surface area (Å²) in [5.41, 5.74) is 2.31. The molecule has 0 unspecified atom stereocenters. The molecule has 0 radical (unpaired) electrons. The number of nitrogens with zero attached hydrogens (tertiary/aromatic N) is 1. The summed E-state index contributed by atoms with van der Waals surface area (Å²) in [5.74, 6) is 0.141. The van der Waals surface area contributed by atoms with Crippen LogP contribution < -0.4 is 0 Å². The van der Waals surface area contributed by atoms with E-state index in [1.54, 1.807) is 0 Å². The molecule has 19 heavy (non-hydrogen) atoms. The third-order valence-electron chi connectivity index (χ3n) is 3.17. The van der Waals surface area contributed by atoms with Gasteiger partial charge < -0.3 is 4.57 Å². The largest absolute Gasteiger partial charge is 0.339 e. The molecule has 1 aromatic carbocycles. The molecule has 0 atom stereocenters. The quantitative estimate of drug-likeness (QED) is 0.639. The van der Waals surface area contributed by atoms with E-state index in [0.29, 0.717) is 6.54 Å². The molecule has 3 rings (SSSR count). The third kappa shape index (κ3) is 2.26. The number of fused-ring (bicyclic) bond motifs is 1. The van der Waals surface area contributed by atoms with Crippen LogP contribution in [-0.4, -0.2) is 10.4 Å². The second-order valence-corrected chi connectivity index (χ2v) is 6.25. The van der Waals surface area contributed by atoms with Crippen LogP contribution in [-0.2, 0) is 6.54 Å². The van der Waals surface area contributed by atoms with Gasteiger partial charge in [-0.2, -0.15) is 0 Å². The smallest absolute Gasteiger partial charge is 0.193 e. The zero-order valence-corrected chi connectivity index (χ0v) is 12.8. The minimum Gasteiger partial charge on any atom is -0.339 e. The van der Waals surface area contributed by atoms with E-state index in [2.05, 4.69) is 35.0 Å². The maximum absolute atomic E-state index is 12.3. The number of Topliss-reactive ketones (excluding diaryl/α,β-unsaturated/α-hetero) is 1. The lowest BCUT2D eigenvalue weighted by Gasteiger charge is -2.03. The maximum atomic E-state index is 12.3.